The molecular formula is C17H22N2O6S. The first kappa shape index (κ1) is 20.1. The SMILES string of the molecule is CC(=O)c1ccc(S(=O)(=O)N2CCC(C(=O)NCCC(=O)O)CC2)cc1. The van der Waals surface area contributed by atoms with Crippen molar-refractivity contribution in [2.24, 2.45) is 5.92 Å². The molecule has 1 heterocycles. The van der Waals surface area contributed by atoms with Crippen LogP contribution >= 0.6 is 0 Å². The lowest BCUT2D eigenvalue weighted by Crippen LogP contribution is -2.43. The number of Topliss-reactive ketones (excluding diaryl/α,β-unsaturated/α-hetero) is 1. The molecule has 0 unspecified atom stereocenters. The second kappa shape index (κ2) is 8.41. The van der Waals surface area contributed by atoms with Crippen LogP contribution in [0.2, 0.25) is 0 Å². The first-order valence-electron chi connectivity index (χ1n) is 8.32. The fourth-order valence-electron chi connectivity index (χ4n) is 2.81. The van der Waals surface area contributed by atoms with Crippen molar-refractivity contribution in [3.63, 3.8) is 0 Å². The highest BCUT2D eigenvalue weighted by Crippen LogP contribution is 2.24. The van der Waals surface area contributed by atoms with Gasteiger partial charge in [0.1, 0.15) is 0 Å². The molecule has 1 saturated heterocycles. The van der Waals surface area contributed by atoms with Crippen LogP contribution in [0.1, 0.15) is 36.5 Å². The molecule has 0 spiro atoms. The summed E-state index contributed by atoms with van der Waals surface area (Å²) in [7, 11) is -3.67. The van der Waals surface area contributed by atoms with Crippen molar-refractivity contribution in [1.82, 2.24) is 9.62 Å². The van der Waals surface area contributed by atoms with Crippen LogP contribution in [-0.4, -0.2) is 55.1 Å². The summed E-state index contributed by atoms with van der Waals surface area (Å²) in [6.07, 6.45) is 0.614. The van der Waals surface area contributed by atoms with Gasteiger partial charge >= 0.3 is 5.97 Å². The number of rotatable bonds is 7. The molecule has 0 aromatic heterocycles. The first-order valence-corrected chi connectivity index (χ1v) is 9.76. The Hall–Kier alpha value is -2.26. The summed E-state index contributed by atoms with van der Waals surface area (Å²) in [6, 6.07) is 5.79. The summed E-state index contributed by atoms with van der Waals surface area (Å²) in [5, 5.41) is 11.1. The van der Waals surface area contributed by atoms with Gasteiger partial charge in [-0.25, -0.2) is 8.42 Å². The minimum Gasteiger partial charge on any atom is -0.481 e. The van der Waals surface area contributed by atoms with E-state index in [1.165, 1.54) is 35.5 Å². The van der Waals surface area contributed by atoms with E-state index < -0.39 is 16.0 Å². The number of piperidine rings is 1. The molecule has 1 aromatic rings. The van der Waals surface area contributed by atoms with Gasteiger partial charge in [0.25, 0.3) is 0 Å². The molecule has 0 atom stereocenters. The number of nitrogens with one attached hydrogen (secondary N) is 1. The molecule has 0 radical (unpaired) electrons. The maximum atomic E-state index is 12.7. The Labute approximate surface area is 152 Å². The minimum atomic E-state index is -3.67. The normalized spacial score (nSPS) is 16.2. The van der Waals surface area contributed by atoms with Crippen molar-refractivity contribution in [2.45, 2.75) is 31.1 Å². The van der Waals surface area contributed by atoms with Gasteiger partial charge in [-0.3, -0.25) is 14.4 Å². The van der Waals surface area contributed by atoms with Crippen molar-refractivity contribution in [3.8, 4) is 0 Å². The summed E-state index contributed by atoms with van der Waals surface area (Å²) < 4.78 is 26.7. The monoisotopic (exact) mass is 382 g/mol. The van der Waals surface area contributed by atoms with Crippen molar-refractivity contribution in [3.05, 3.63) is 29.8 Å². The number of carbonyl (C=O) groups is 3. The Kier molecular flexibility index (Phi) is 6.49. The highest BCUT2D eigenvalue weighted by Gasteiger charge is 2.32. The van der Waals surface area contributed by atoms with Crippen LogP contribution in [0.15, 0.2) is 29.2 Å². The maximum Gasteiger partial charge on any atom is 0.305 e. The molecule has 0 bridgehead atoms. The number of nitrogens with zero attached hydrogens (tertiary/aromatic N) is 1. The first-order chi connectivity index (χ1) is 12.2. The molecule has 1 aromatic carbocycles. The van der Waals surface area contributed by atoms with Crippen molar-refractivity contribution in [2.75, 3.05) is 19.6 Å². The summed E-state index contributed by atoms with van der Waals surface area (Å²) >= 11 is 0. The fraction of sp³-hybridized carbons (Fsp3) is 0.471. The van der Waals surface area contributed by atoms with Gasteiger partial charge in [0.2, 0.25) is 15.9 Å². The molecule has 1 aliphatic heterocycles. The molecule has 0 saturated carbocycles. The van der Waals surface area contributed by atoms with Gasteiger partial charge in [-0.05, 0) is 31.9 Å². The van der Waals surface area contributed by atoms with Crippen molar-refractivity contribution >= 4 is 27.7 Å². The molecule has 0 aliphatic carbocycles. The second-order valence-corrected chi connectivity index (χ2v) is 8.13. The highest BCUT2D eigenvalue weighted by atomic mass is 32.2. The van der Waals surface area contributed by atoms with Gasteiger partial charge in [0.15, 0.2) is 5.78 Å². The van der Waals surface area contributed by atoms with Crippen LogP contribution in [0, 0.1) is 5.92 Å². The third kappa shape index (κ3) is 4.89. The number of hydrogen-bond acceptors (Lipinski definition) is 5. The average Bonchev–Trinajstić information content (AvgIpc) is 2.61. The lowest BCUT2D eigenvalue weighted by atomic mass is 9.97. The van der Waals surface area contributed by atoms with E-state index in [1.54, 1.807) is 0 Å². The minimum absolute atomic E-state index is 0.0647. The summed E-state index contributed by atoms with van der Waals surface area (Å²) in [4.78, 5) is 33.9. The summed E-state index contributed by atoms with van der Waals surface area (Å²) in [5.41, 5.74) is 0.445. The highest BCUT2D eigenvalue weighted by molar-refractivity contribution is 7.89. The molecule has 2 rings (SSSR count). The molecule has 1 fully saturated rings. The average molecular weight is 382 g/mol. The molecule has 9 heteroatoms. The number of carboxylic acids is 1. The van der Waals surface area contributed by atoms with Gasteiger partial charge in [-0.15, -0.1) is 0 Å². The quantitative estimate of drug-likeness (QED) is 0.675. The number of amides is 1. The molecule has 142 valence electrons. The van der Waals surface area contributed by atoms with Crippen LogP contribution in [0.3, 0.4) is 0 Å². The third-order valence-corrected chi connectivity index (χ3v) is 6.27. The largest absolute Gasteiger partial charge is 0.481 e. The number of sulfonamides is 1. The van der Waals surface area contributed by atoms with E-state index in [2.05, 4.69) is 5.32 Å². The molecule has 26 heavy (non-hydrogen) atoms. The van der Waals surface area contributed by atoms with E-state index in [0.717, 1.165) is 0 Å². The van der Waals surface area contributed by atoms with E-state index in [-0.39, 0.29) is 48.6 Å². The summed E-state index contributed by atoms with van der Waals surface area (Å²) in [6.45, 7) is 1.91. The van der Waals surface area contributed by atoms with Crippen molar-refractivity contribution < 1.29 is 27.9 Å². The number of carboxylic acid groups (broad SMARTS) is 1. The lowest BCUT2D eigenvalue weighted by Gasteiger charge is -2.30. The topological polar surface area (TPSA) is 121 Å². The number of aliphatic carboxylic acids is 1. The number of hydrogen-bond donors (Lipinski definition) is 2. The van der Waals surface area contributed by atoms with Gasteiger partial charge in [-0.2, -0.15) is 4.31 Å². The molecular weight excluding hydrogens is 360 g/mol. The van der Waals surface area contributed by atoms with Crippen LogP contribution in [-0.2, 0) is 19.6 Å². The Bertz CT molecular complexity index is 780. The number of ketones is 1. The van der Waals surface area contributed by atoms with E-state index in [0.29, 0.717) is 18.4 Å². The van der Waals surface area contributed by atoms with Gasteiger partial charge < -0.3 is 10.4 Å². The van der Waals surface area contributed by atoms with Crippen molar-refractivity contribution in [1.29, 1.82) is 0 Å². The zero-order valence-electron chi connectivity index (χ0n) is 14.5. The van der Waals surface area contributed by atoms with Crippen LogP contribution in [0.4, 0.5) is 0 Å². The van der Waals surface area contributed by atoms with E-state index in [9.17, 15) is 22.8 Å². The van der Waals surface area contributed by atoms with E-state index >= 15 is 0 Å². The van der Waals surface area contributed by atoms with E-state index in [1.807, 2.05) is 0 Å². The number of carbonyl (C=O) groups excluding carboxylic acids is 2. The molecule has 1 amide bonds. The fourth-order valence-corrected chi connectivity index (χ4v) is 4.28. The maximum absolute atomic E-state index is 12.7. The zero-order chi connectivity index (χ0) is 19.3. The second-order valence-electron chi connectivity index (χ2n) is 6.19. The smallest absolute Gasteiger partial charge is 0.305 e. The Morgan fingerprint density at radius 2 is 1.73 bits per heavy atom. The van der Waals surface area contributed by atoms with Crippen LogP contribution < -0.4 is 5.32 Å². The predicted octanol–water partition coefficient (Wildman–Crippen LogP) is 0.881. The zero-order valence-corrected chi connectivity index (χ0v) is 15.3. The lowest BCUT2D eigenvalue weighted by molar-refractivity contribution is -0.137. The molecule has 1 aliphatic rings. The molecule has 2 N–H and O–H groups in total. The van der Waals surface area contributed by atoms with Gasteiger partial charge in [0, 0.05) is 31.1 Å². The standard InChI is InChI=1S/C17H22N2O6S/c1-12(20)13-2-4-15(5-3-13)26(24,25)19-10-7-14(8-11-19)17(23)18-9-6-16(21)22/h2-5,14H,6-11H2,1H3,(H,18,23)(H,21,22). The summed E-state index contributed by atoms with van der Waals surface area (Å²) in [5.74, 6) is -1.69. The van der Waals surface area contributed by atoms with Gasteiger partial charge in [0.05, 0.1) is 11.3 Å². The van der Waals surface area contributed by atoms with Gasteiger partial charge in [-0.1, -0.05) is 12.1 Å². The third-order valence-electron chi connectivity index (χ3n) is 4.36. The molecule has 8 nitrogen and oxygen atoms in total. The van der Waals surface area contributed by atoms with Crippen LogP contribution in [0.5, 0.6) is 0 Å². The Morgan fingerprint density at radius 1 is 1.15 bits per heavy atom. The number of benzene rings is 1. The Morgan fingerprint density at radius 3 is 2.23 bits per heavy atom. The van der Waals surface area contributed by atoms with Crippen LogP contribution in [0.25, 0.3) is 0 Å². The predicted molar refractivity (Wildman–Crippen MR) is 93.2 cm³/mol. The van der Waals surface area contributed by atoms with E-state index in [4.69, 9.17) is 5.11 Å². The Balaban J connectivity index is 1.94.